The van der Waals surface area contributed by atoms with Crippen LogP contribution in [0.2, 0.25) is 0 Å². The Kier molecular flexibility index (Phi) is 3.89. The van der Waals surface area contributed by atoms with E-state index < -0.39 is 0 Å². The topological polar surface area (TPSA) is 36.0 Å². The Labute approximate surface area is 119 Å². The summed E-state index contributed by atoms with van der Waals surface area (Å²) in [7, 11) is 2.12. The number of hydrogen-bond donors (Lipinski definition) is 0. The zero-order chi connectivity index (χ0) is 13.9. The van der Waals surface area contributed by atoms with Crippen molar-refractivity contribution >= 4 is 11.6 Å². The normalized spacial score (nSPS) is 20.4. The highest BCUT2D eigenvalue weighted by Crippen LogP contribution is 2.30. The van der Waals surface area contributed by atoms with Crippen molar-refractivity contribution in [2.45, 2.75) is 0 Å². The van der Waals surface area contributed by atoms with Gasteiger partial charge in [-0.1, -0.05) is 12.1 Å². The van der Waals surface area contributed by atoms with Gasteiger partial charge in [-0.2, -0.15) is 0 Å². The van der Waals surface area contributed by atoms with Crippen molar-refractivity contribution in [3.8, 4) is 5.75 Å². The highest BCUT2D eigenvalue weighted by atomic mass is 16.5. The number of amides is 1. The maximum absolute atomic E-state index is 12.5. The zero-order valence-electron chi connectivity index (χ0n) is 11.9. The average molecular weight is 275 g/mol. The molecule has 1 aromatic rings. The largest absolute Gasteiger partial charge is 0.490 e. The third kappa shape index (κ3) is 2.78. The number of para-hydroxylation sites is 2. The molecule has 5 nitrogen and oxygen atoms in total. The van der Waals surface area contributed by atoms with Crippen LogP contribution in [0.1, 0.15) is 0 Å². The lowest BCUT2D eigenvalue weighted by Gasteiger charge is -2.35. The minimum Gasteiger partial charge on any atom is -0.490 e. The summed E-state index contributed by atoms with van der Waals surface area (Å²) in [6.07, 6.45) is 0. The fourth-order valence-electron chi connectivity index (χ4n) is 2.71. The molecule has 0 aromatic heterocycles. The van der Waals surface area contributed by atoms with Crippen molar-refractivity contribution < 1.29 is 9.53 Å². The predicted molar refractivity (Wildman–Crippen MR) is 78.2 cm³/mol. The fourth-order valence-corrected chi connectivity index (χ4v) is 2.71. The lowest BCUT2D eigenvalue weighted by Crippen LogP contribution is -2.50. The van der Waals surface area contributed by atoms with Crippen molar-refractivity contribution in [3.05, 3.63) is 24.3 Å². The number of anilines is 1. The first kappa shape index (κ1) is 13.4. The van der Waals surface area contributed by atoms with Crippen molar-refractivity contribution in [1.82, 2.24) is 9.80 Å². The molecule has 0 N–H and O–H groups in total. The summed E-state index contributed by atoms with van der Waals surface area (Å²) in [6, 6.07) is 7.76. The summed E-state index contributed by atoms with van der Waals surface area (Å²) >= 11 is 0. The summed E-state index contributed by atoms with van der Waals surface area (Å²) < 4.78 is 5.59. The molecule has 3 rings (SSSR count). The summed E-state index contributed by atoms with van der Waals surface area (Å²) in [4.78, 5) is 18.9. The van der Waals surface area contributed by atoms with E-state index in [2.05, 4.69) is 16.8 Å². The molecule has 1 aromatic carbocycles. The van der Waals surface area contributed by atoms with Crippen LogP contribution >= 0.6 is 0 Å². The van der Waals surface area contributed by atoms with Crippen molar-refractivity contribution in [3.63, 3.8) is 0 Å². The standard InChI is InChI=1S/C15H21N3O2/c1-16-6-8-17(9-7-16)12-15(19)18-10-11-20-14-5-3-2-4-13(14)18/h2-5H,6-12H2,1H3. The molecule has 0 spiro atoms. The lowest BCUT2D eigenvalue weighted by molar-refractivity contribution is -0.120. The third-order valence-electron chi connectivity index (χ3n) is 3.98. The molecule has 108 valence electrons. The number of carbonyl (C=O) groups excluding carboxylic acids is 1. The predicted octanol–water partition coefficient (Wildman–Crippen LogP) is 0.659. The van der Waals surface area contributed by atoms with E-state index in [1.165, 1.54) is 0 Å². The van der Waals surface area contributed by atoms with Crippen LogP contribution in [0.25, 0.3) is 0 Å². The Hall–Kier alpha value is -1.59. The van der Waals surface area contributed by atoms with Crippen LogP contribution in [0, 0.1) is 0 Å². The van der Waals surface area contributed by atoms with Gasteiger partial charge in [0.2, 0.25) is 5.91 Å². The van der Waals surface area contributed by atoms with Crippen LogP contribution in [-0.2, 0) is 4.79 Å². The molecule has 0 atom stereocenters. The minimum absolute atomic E-state index is 0.172. The number of likely N-dealkylation sites (N-methyl/N-ethyl adjacent to an activating group) is 1. The summed E-state index contributed by atoms with van der Waals surface area (Å²) in [5.74, 6) is 0.982. The van der Waals surface area contributed by atoms with Gasteiger partial charge in [-0.15, -0.1) is 0 Å². The highest BCUT2D eigenvalue weighted by molar-refractivity contribution is 5.96. The Morgan fingerprint density at radius 2 is 1.90 bits per heavy atom. The van der Waals surface area contributed by atoms with E-state index >= 15 is 0 Å². The van der Waals surface area contributed by atoms with Crippen LogP contribution < -0.4 is 9.64 Å². The molecular weight excluding hydrogens is 254 g/mol. The quantitative estimate of drug-likeness (QED) is 0.794. The van der Waals surface area contributed by atoms with Crippen LogP contribution in [-0.4, -0.2) is 68.6 Å². The number of benzene rings is 1. The summed E-state index contributed by atoms with van der Waals surface area (Å²) in [6.45, 7) is 5.72. The van der Waals surface area contributed by atoms with E-state index in [1.54, 1.807) is 0 Å². The Morgan fingerprint density at radius 1 is 1.15 bits per heavy atom. The maximum atomic E-state index is 12.5. The van der Waals surface area contributed by atoms with Crippen LogP contribution in [0.15, 0.2) is 24.3 Å². The second kappa shape index (κ2) is 5.81. The van der Waals surface area contributed by atoms with Gasteiger partial charge >= 0.3 is 0 Å². The van der Waals surface area contributed by atoms with E-state index in [0.29, 0.717) is 19.7 Å². The molecule has 2 aliphatic heterocycles. The number of fused-ring (bicyclic) bond motifs is 1. The molecule has 0 aliphatic carbocycles. The molecule has 2 heterocycles. The molecule has 0 bridgehead atoms. The number of piperazine rings is 1. The maximum Gasteiger partial charge on any atom is 0.241 e. The van der Waals surface area contributed by atoms with Gasteiger partial charge in [-0.25, -0.2) is 0 Å². The van der Waals surface area contributed by atoms with E-state index in [0.717, 1.165) is 37.6 Å². The van der Waals surface area contributed by atoms with Gasteiger partial charge in [0, 0.05) is 26.2 Å². The van der Waals surface area contributed by atoms with Crippen molar-refractivity contribution in [2.75, 3.05) is 57.8 Å². The summed E-state index contributed by atoms with van der Waals surface area (Å²) in [5.41, 5.74) is 0.901. The molecule has 0 radical (unpaired) electrons. The molecule has 2 aliphatic rings. The van der Waals surface area contributed by atoms with Crippen molar-refractivity contribution in [2.24, 2.45) is 0 Å². The number of carbonyl (C=O) groups is 1. The van der Waals surface area contributed by atoms with E-state index in [1.807, 2.05) is 29.2 Å². The van der Waals surface area contributed by atoms with E-state index in [4.69, 9.17) is 4.74 Å². The third-order valence-corrected chi connectivity index (χ3v) is 3.98. The number of hydrogen-bond acceptors (Lipinski definition) is 4. The SMILES string of the molecule is CN1CCN(CC(=O)N2CCOc3ccccc32)CC1. The van der Waals surface area contributed by atoms with Gasteiger partial charge in [0.25, 0.3) is 0 Å². The molecule has 1 amide bonds. The number of nitrogens with zero attached hydrogens (tertiary/aromatic N) is 3. The first-order chi connectivity index (χ1) is 9.74. The van der Waals surface area contributed by atoms with E-state index in [-0.39, 0.29) is 5.91 Å². The molecule has 0 saturated carbocycles. The minimum atomic E-state index is 0.172. The fraction of sp³-hybridized carbons (Fsp3) is 0.533. The number of rotatable bonds is 2. The van der Waals surface area contributed by atoms with Crippen LogP contribution in [0.5, 0.6) is 5.75 Å². The number of ether oxygens (including phenoxy) is 1. The molecule has 1 fully saturated rings. The second-order valence-corrected chi connectivity index (χ2v) is 5.44. The first-order valence-corrected chi connectivity index (χ1v) is 7.17. The molecule has 5 heteroatoms. The Bertz CT molecular complexity index is 484. The average Bonchev–Trinajstić information content (AvgIpc) is 2.49. The van der Waals surface area contributed by atoms with Gasteiger partial charge in [-0.05, 0) is 19.2 Å². The smallest absolute Gasteiger partial charge is 0.241 e. The second-order valence-electron chi connectivity index (χ2n) is 5.44. The highest BCUT2D eigenvalue weighted by Gasteiger charge is 2.25. The van der Waals surface area contributed by atoms with E-state index in [9.17, 15) is 4.79 Å². The Morgan fingerprint density at radius 3 is 2.70 bits per heavy atom. The van der Waals surface area contributed by atoms with Gasteiger partial charge in [0.05, 0.1) is 18.8 Å². The van der Waals surface area contributed by atoms with Crippen molar-refractivity contribution in [1.29, 1.82) is 0 Å². The Balaban J connectivity index is 1.66. The van der Waals surface area contributed by atoms with Crippen LogP contribution in [0.4, 0.5) is 5.69 Å². The lowest BCUT2D eigenvalue weighted by atomic mass is 10.2. The first-order valence-electron chi connectivity index (χ1n) is 7.17. The van der Waals surface area contributed by atoms with Gasteiger partial charge < -0.3 is 14.5 Å². The molecule has 0 unspecified atom stereocenters. The van der Waals surface area contributed by atoms with Crippen LogP contribution in [0.3, 0.4) is 0 Å². The molecular formula is C15H21N3O2. The monoisotopic (exact) mass is 275 g/mol. The zero-order valence-corrected chi connectivity index (χ0v) is 11.9. The molecule has 1 saturated heterocycles. The summed E-state index contributed by atoms with van der Waals surface area (Å²) in [5, 5.41) is 0. The van der Waals surface area contributed by atoms with Gasteiger partial charge in [0.15, 0.2) is 0 Å². The van der Waals surface area contributed by atoms with Gasteiger partial charge in [0.1, 0.15) is 12.4 Å². The van der Waals surface area contributed by atoms with Gasteiger partial charge in [-0.3, -0.25) is 9.69 Å². The molecule has 20 heavy (non-hydrogen) atoms.